The Balaban J connectivity index is 1.71. The molecule has 0 amide bonds. The second-order valence-corrected chi connectivity index (χ2v) is 10.5. The molecule has 1 atom stereocenters. The molecule has 8 nitrogen and oxygen atoms in total. The van der Waals surface area contributed by atoms with E-state index in [0.717, 1.165) is 0 Å². The zero-order valence-electron chi connectivity index (χ0n) is 21.4. The number of benzene rings is 1. The second-order valence-electron chi connectivity index (χ2n) is 10.5. The van der Waals surface area contributed by atoms with Gasteiger partial charge in [0.2, 0.25) is 5.88 Å². The van der Waals surface area contributed by atoms with Crippen LogP contribution >= 0.6 is 0 Å². The molecule has 35 heavy (non-hydrogen) atoms. The van der Waals surface area contributed by atoms with Crippen molar-refractivity contribution in [2.24, 2.45) is 0 Å². The normalized spacial score (nSPS) is 13.0. The summed E-state index contributed by atoms with van der Waals surface area (Å²) in [6.45, 7) is 14.4. The van der Waals surface area contributed by atoms with Gasteiger partial charge in [0.05, 0.1) is 12.2 Å². The number of hydrogen-bond acceptors (Lipinski definition) is 7. The molecule has 0 saturated heterocycles. The lowest BCUT2D eigenvalue weighted by atomic mass is 10.0. The van der Waals surface area contributed by atoms with Gasteiger partial charge in [-0.2, -0.15) is 10.1 Å². The number of aromatic nitrogens is 5. The maximum Gasteiger partial charge on any atom is 0.320 e. The van der Waals surface area contributed by atoms with Crippen LogP contribution in [-0.2, 0) is 0 Å². The molecule has 0 aliphatic rings. The molecule has 184 valence electrons. The van der Waals surface area contributed by atoms with E-state index in [1.165, 1.54) is 5.56 Å². The predicted molar refractivity (Wildman–Crippen MR) is 135 cm³/mol. The summed E-state index contributed by atoms with van der Waals surface area (Å²) in [5.41, 5.74) is 2.18. The van der Waals surface area contributed by atoms with Gasteiger partial charge in [0.25, 0.3) is 0 Å². The van der Waals surface area contributed by atoms with Gasteiger partial charge in [-0.05, 0) is 47.1 Å². The fourth-order valence-corrected chi connectivity index (χ4v) is 3.44. The molecule has 4 aromatic rings. The third-order valence-electron chi connectivity index (χ3n) is 4.99. The van der Waals surface area contributed by atoms with Crippen LogP contribution in [0, 0.1) is 0 Å². The highest BCUT2D eigenvalue weighted by Crippen LogP contribution is 2.34. The molecule has 0 fully saturated rings. The van der Waals surface area contributed by atoms with Crippen LogP contribution in [-0.4, -0.2) is 42.4 Å². The predicted octanol–water partition coefficient (Wildman–Crippen LogP) is 5.72. The van der Waals surface area contributed by atoms with Gasteiger partial charge < -0.3 is 14.2 Å². The number of fused-ring (bicyclic) bond motifs is 1. The molecule has 8 heteroatoms. The largest absolute Gasteiger partial charge is 0.489 e. The summed E-state index contributed by atoms with van der Waals surface area (Å²) in [5, 5.41) is 4.72. The van der Waals surface area contributed by atoms with Crippen molar-refractivity contribution >= 4 is 5.65 Å². The molecule has 0 saturated carbocycles. The Hall–Kier alpha value is -3.68. The zero-order valence-corrected chi connectivity index (χ0v) is 21.4. The summed E-state index contributed by atoms with van der Waals surface area (Å²) in [5.74, 6) is 1.22. The van der Waals surface area contributed by atoms with Gasteiger partial charge in [-0.1, -0.05) is 37.3 Å². The lowest BCUT2D eigenvalue weighted by Crippen LogP contribution is -2.26. The van der Waals surface area contributed by atoms with E-state index < -0.39 is 11.2 Å². The monoisotopic (exact) mass is 475 g/mol. The summed E-state index contributed by atoms with van der Waals surface area (Å²) in [4.78, 5) is 13.4. The summed E-state index contributed by atoms with van der Waals surface area (Å²) in [6, 6.07) is 12.4. The number of hydrogen-bond donors (Lipinski definition) is 0. The summed E-state index contributed by atoms with van der Waals surface area (Å²) >= 11 is 0. The lowest BCUT2D eigenvalue weighted by molar-refractivity contribution is 0.103. The Kier molecular flexibility index (Phi) is 6.65. The lowest BCUT2D eigenvalue weighted by Gasteiger charge is -2.24. The zero-order chi connectivity index (χ0) is 25.2. The van der Waals surface area contributed by atoms with Crippen LogP contribution in [0.2, 0.25) is 0 Å². The van der Waals surface area contributed by atoms with Crippen molar-refractivity contribution in [1.82, 2.24) is 24.6 Å². The fourth-order valence-electron chi connectivity index (χ4n) is 3.44. The van der Waals surface area contributed by atoms with Gasteiger partial charge >= 0.3 is 6.01 Å². The van der Waals surface area contributed by atoms with E-state index in [0.29, 0.717) is 35.1 Å². The molecule has 0 radical (unpaired) electrons. The minimum absolute atomic E-state index is 0.208. The van der Waals surface area contributed by atoms with E-state index in [1.54, 1.807) is 23.1 Å². The number of ether oxygens (including phenoxy) is 3. The smallest absolute Gasteiger partial charge is 0.320 e. The molecule has 0 aliphatic carbocycles. The van der Waals surface area contributed by atoms with Gasteiger partial charge in [-0.15, -0.1) is 0 Å². The van der Waals surface area contributed by atoms with E-state index in [-0.39, 0.29) is 11.9 Å². The Morgan fingerprint density at radius 2 is 1.66 bits per heavy atom. The molecule has 0 aliphatic heterocycles. The van der Waals surface area contributed by atoms with Crippen molar-refractivity contribution in [3.63, 3.8) is 0 Å². The van der Waals surface area contributed by atoms with E-state index in [9.17, 15) is 0 Å². The summed E-state index contributed by atoms with van der Waals surface area (Å²) in [6.07, 6.45) is 5.16. The third kappa shape index (κ3) is 6.26. The average Bonchev–Trinajstić information content (AvgIpc) is 3.24. The first-order chi connectivity index (χ1) is 16.5. The van der Waals surface area contributed by atoms with Crippen LogP contribution in [0.15, 0.2) is 55.0 Å². The van der Waals surface area contributed by atoms with Crippen molar-refractivity contribution in [1.29, 1.82) is 0 Å². The van der Waals surface area contributed by atoms with Crippen LogP contribution < -0.4 is 14.2 Å². The second kappa shape index (κ2) is 9.52. The fraction of sp³-hybridized carbons (Fsp3) is 0.407. The van der Waals surface area contributed by atoms with E-state index in [4.69, 9.17) is 19.3 Å². The van der Waals surface area contributed by atoms with Crippen molar-refractivity contribution in [3.05, 3.63) is 60.6 Å². The third-order valence-corrected chi connectivity index (χ3v) is 4.99. The molecule has 3 aromatic heterocycles. The minimum Gasteiger partial charge on any atom is -0.489 e. The molecule has 3 heterocycles. The number of nitrogens with zero attached hydrogens (tertiary/aromatic N) is 5. The highest BCUT2D eigenvalue weighted by molar-refractivity contribution is 5.68. The van der Waals surface area contributed by atoms with Gasteiger partial charge in [0.15, 0.2) is 11.4 Å². The van der Waals surface area contributed by atoms with Crippen LogP contribution in [0.25, 0.3) is 16.9 Å². The molecular formula is C27H33N5O3. The van der Waals surface area contributed by atoms with E-state index in [1.807, 2.05) is 65.8 Å². The van der Waals surface area contributed by atoms with Crippen LogP contribution in [0.3, 0.4) is 0 Å². The van der Waals surface area contributed by atoms with E-state index >= 15 is 0 Å². The van der Waals surface area contributed by atoms with Crippen molar-refractivity contribution in [2.75, 3.05) is 6.61 Å². The van der Waals surface area contributed by atoms with Gasteiger partial charge in [0.1, 0.15) is 16.9 Å². The molecule has 0 unspecified atom stereocenters. The highest BCUT2D eigenvalue weighted by Gasteiger charge is 2.23. The number of rotatable bonds is 7. The Labute approximate surface area is 206 Å². The Morgan fingerprint density at radius 3 is 2.34 bits per heavy atom. The van der Waals surface area contributed by atoms with Crippen LogP contribution in [0.4, 0.5) is 0 Å². The molecule has 1 aromatic carbocycles. The Morgan fingerprint density at radius 1 is 0.943 bits per heavy atom. The molecule has 4 rings (SSSR count). The van der Waals surface area contributed by atoms with Gasteiger partial charge in [-0.3, -0.25) is 0 Å². The maximum absolute atomic E-state index is 6.26. The summed E-state index contributed by atoms with van der Waals surface area (Å²) < 4.78 is 20.0. The topological polar surface area (TPSA) is 83.7 Å². The first-order valence-corrected chi connectivity index (χ1v) is 11.8. The molecule has 0 bridgehead atoms. The van der Waals surface area contributed by atoms with E-state index in [2.05, 4.69) is 34.0 Å². The van der Waals surface area contributed by atoms with Gasteiger partial charge in [0, 0.05) is 30.6 Å². The minimum atomic E-state index is -0.480. The highest BCUT2D eigenvalue weighted by atomic mass is 16.5. The molecule has 0 spiro atoms. The number of imidazole rings is 1. The maximum atomic E-state index is 6.26. The molecule has 0 N–H and O–H groups in total. The SMILES string of the molecule is C[C@H](COc1cc(-c2cnc(OC(C)(C)C)nc2OC(C)(C)C)nn2ccnc12)c1ccccc1. The van der Waals surface area contributed by atoms with Gasteiger partial charge in [-0.25, -0.2) is 14.5 Å². The van der Waals surface area contributed by atoms with Crippen molar-refractivity contribution < 1.29 is 14.2 Å². The van der Waals surface area contributed by atoms with Crippen molar-refractivity contribution in [3.8, 4) is 28.9 Å². The first kappa shape index (κ1) is 24.4. The quantitative estimate of drug-likeness (QED) is 0.338. The standard InChI is InChI=1S/C27H33N5O3/c1-18(19-11-9-8-10-12-19)17-33-22-15-21(31-32-14-13-28-23(22)32)20-16-29-25(35-27(5,6)7)30-24(20)34-26(2,3)4/h8-16,18H,17H2,1-7H3/t18-/m1/s1. The Bertz CT molecular complexity index is 1290. The first-order valence-electron chi connectivity index (χ1n) is 11.8. The molecular weight excluding hydrogens is 442 g/mol. The summed E-state index contributed by atoms with van der Waals surface area (Å²) in [7, 11) is 0. The van der Waals surface area contributed by atoms with Crippen molar-refractivity contribution in [2.45, 2.75) is 65.6 Å². The average molecular weight is 476 g/mol. The van der Waals surface area contributed by atoms with Crippen LogP contribution in [0.5, 0.6) is 17.6 Å². The van der Waals surface area contributed by atoms with Crippen LogP contribution in [0.1, 0.15) is 59.9 Å².